The molecule has 0 radical (unpaired) electrons. The van der Waals surface area contributed by atoms with Gasteiger partial charge in [-0.2, -0.15) is 0 Å². The molecule has 1 heterocycles. The Bertz CT molecular complexity index is 626. The van der Waals surface area contributed by atoms with E-state index in [2.05, 4.69) is 0 Å². The lowest BCUT2D eigenvalue weighted by molar-refractivity contribution is -0.138. The average molecular weight is 372 g/mol. The second-order valence-electron chi connectivity index (χ2n) is 6.38. The third kappa shape index (κ3) is 4.21. The van der Waals surface area contributed by atoms with Gasteiger partial charge in [-0.3, -0.25) is 9.59 Å². The van der Waals surface area contributed by atoms with E-state index in [0.717, 1.165) is 6.42 Å². The highest BCUT2D eigenvalue weighted by Crippen LogP contribution is 2.23. The van der Waals surface area contributed by atoms with Crippen LogP contribution in [0.25, 0.3) is 0 Å². The summed E-state index contributed by atoms with van der Waals surface area (Å²) < 4.78 is 0. The fraction of sp³-hybridized carbons (Fsp3) is 0.529. The summed E-state index contributed by atoms with van der Waals surface area (Å²) in [6.07, 6.45) is 1.50. The van der Waals surface area contributed by atoms with Crippen LogP contribution < -0.4 is 5.73 Å². The van der Waals surface area contributed by atoms with E-state index in [4.69, 9.17) is 28.9 Å². The first kappa shape index (κ1) is 19.0. The third-order valence-corrected chi connectivity index (χ3v) is 4.82. The number of nitrogens with zero attached hydrogens (tertiary/aromatic N) is 2. The van der Waals surface area contributed by atoms with Crippen molar-refractivity contribution in [1.29, 1.82) is 0 Å². The molecule has 0 aliphatic carbocycles. The van der Waals surface area contributed by atoms with Crippen molar-refractivity contribution in [2.45, 2.75) is 32.2 Å². The second kappa shape index (κ2) is 7.72. The molecule has 1 fully saturated rings. The maximum Gasteiger partial charge on any atom is 0.255 e. The number of amides is 2. The standard InChI is InChI=1S/C17H23Cl2N3O2/c1-3-6-17(2,20)16(24)22-9-7-21(8-10-22)15(23)13-5-4-12(18)11-14(13)19/h4-5,11H,3,6-10,20H2,1-2H3. The summed E-state index contributed by atoms with van der Waals surface area (Å²) in [4.78, 5) is 28.5. The van der Waals surface area contributed by atoms with Gasteiger partial charge in [0.1, 0.15) is 0 Å². The summed E-state index contributed by atoms with van der Waals surface area (Å²) in [5.74, 6) is -0.200. The minimum absolute atomic E-state index is 0.0547. The molecule has 0 aromatic heterocycles. The highest BCUT2D eigenvalue weighted by atomic mass is 35.5. The number of carbonyl (C=O) groups excluding carboxylic acids is 2. The number of nitrogens with two attached hydrogens (primary N) is 1. The van der Waals surface area contributed by atoms with Crippen molar-refractivity contribution < 1.29 is 9.59 Å². The van der Waals surface area contributed by atoms with Crippen LogP contribution in [0.3, 0.4) is 0 Å². The molecule has 0 bridgehead atoms. The molecule has 24 heavy (non-hydrogen) atoms. The molecule has 1 saturated heterocycles. The van der Waals surface area contributed by atoms with Crippen molar-refractivity contribution in [2.24, 2.45) is 5.73 Å². The lowest BCUT2D eigenvalue weighted by atomic mass is 9.95. The van der Waals surface area contributed by atoms with E-state index >= 15 is 0 Å². The third-order valence-electron chi connectivity index (χ3n) is 4.27. The molecule has 1 aliphatic heterocycles. The van der Waals surface area contributed by atoms with Crippen molar-refractivity contribution in [1.82, 2.24) is 9.80 Å². The summed E-state index contributed by atoms with van der Waals surface area (Å²) in [7, 11) is 0. The zero-order valence-electron chi connectivity index (χ0n) is 14.0. The Labute approximate surface area is 152 Å². The van der Waals surface area contributed by atoms with Gasteiger partial charge in [0.15, 0.2) is 0 Å². The van der Waals surface area contributed by atoms with Gasteiger partial charge in [-0.25, -0.2) is 0 Å². The van der Waals surface area contributed by atoms with Crippen LogP contribution in [0.1, 0.15) is 37.0 Å². The Morgan fingerprint density at radius 1 is 1.17 bits per heavy atom. The molecule has 0 spiro atoms. The number of benzene rings is 1. The van der Waals surface area contributed by atoms with E-state index in [9.17, 15) is 9.59 Å². The first-order valence-corrected chi connectivity index (χ1v) is 8.84. The van der Waals surface area contributed by atoms with Crippen molar-refractivity contribution >= 4 is 35.0 Å². The molecule has 7 heteroatoms. The van der Waals surface area contributed by atoms with Gasteiger partial charge in [-0.1, -0.05) is 36.5 Å². The quantitative estimate of drug-likeness (QED) is 0.884. The zero-order chi connectivity index (χ0) is 17.9. The lowest BCUT2D eigenvalue weighted by Gasteiger charge is -2.38. The molecule has 5 nitrogen and oxygen atoms in total. The highest BCUT2D eigenvalue weighted by Gasteiger charge is 2.34. The molecule has 0 saturated carbocycles. The van der Waals surface area contributed by atoms with Gasteiger partial charge in [-0.05, 0) is 31.5 Å². The van der Waals surface area contributed by atoms with Crippen LogP contribution in [0, 0.1) is 0 Å². The van der Waals surface area contributed by atoms with Crippen LogP contribution in [-0.4, -0.2) is 53.3 Å². The molecule has 132 valence electrons. The molecule has 1 aromatic carbocycles. The van der Waals surface area contributed by atoms with Gasteiger partial charge >= 0.3 is 0 Å². The van der Waals surface area contributed by atoms with E-state index in [0.29, 0.717) is 48.2 Å². The molecular formula is C17H23Cl2N3O2. The van der Waals surface area contributed by atoms with Crippen molar-refractivity contribution in [3.63, 3.8) is 0 Å². The predicted molar refractivity (Wildman–Crippen MR) is 96.4 cm³/mol. The molecule has 1 atom stereocenters. The Hall–Kier alpha value is -1.30. The number of hydrogen-bond donors (Lipinski definition) is 1. The number of carbonyl (C=O) groups is 2. The fourth-order valence-corrected chi connectivity index (χ4v) is 3.42. The molecule has 1 aromatic rings. The minimum Gasteiger partial charge on any atom is -0.338 e. The Morgan fingerprint density at radius 2 is 1.75 bits per heavy atom. The summed E-state index contributed by atoms with van der Waals surface area (Å²) in [5, 5.41) is 0.827. The number of piperazine rings is 1. The van der Waals surface area contributed by atoms with E-state index in [-0.39, 0.29) is 11.8 Å². The number of halogens is 2. The average Bonchev–Trinajstić information content (AvgIpc) is 2.53. The number of hydrogen-bond acceptors (Lipinski definition) is 3. The first-order chi connectivity index (χ1) is 11.3. The van der Waals surface area contributed by atoms with Crippen LogP contribution in [0.2, 0.25) is 10.0 Å². The Kier molecular flexibility index (Phi) is 6.12. The largest absolute Gasteiger partial charge is 0.338 e. The Balaban J connectivity index is 1.99. The highest BCUT2D eigenvalue weighted by molar-refractivity contribution is 6.36. The van der Waals surface area contributed by atoms with Crippen LogP contribution in [-0.2, 0) is 4.79 Å². The molecule has 2 N–H and O–H groups in total. The van der Waals surface area contributed by atoms with Gasteiger partial charge < -0.3 is 15.5 Å². The molecule has 2 amide bonds. The van der Waals surface area contributed by atoms with E-state index in [1.54, 1.807) is 34.9 Å². The predicted octanol–water partition coefficient (Wildman–Crippen LogP) is 2.80. The fourth-order valence-electron chi connectivity index (χ4n) is 2.93. The van der Waals surface area contributed by atoms with Crippen molar-refractivity contribution in [3.8, 4) is 0 Å². The van der Waals surface area contributed by atoms with Crippen LogP contribution in [0.4, 0.5) is 0 Å². The normalized spacial score (nSPS) is 17.5. The van der Waals surface area contributed by atoms with Gasteiger partial charge in [0.25, 0.3) is 5.91 Å². The smallest absolute Gasteiger partial charge is 0.255 e. The minimum atomic E-state index is -0.847. The molecule has 1 unspecified atom stereocenters. The first-order valence-electron chi connectivity index (χ1n) is 8.09. The van der Waals surface area contributed by atoms with Crippen molar-refractivity contribution in [3.05, 3.63) is 33.8 Å². The molecule has 1 aliphatic rings. The molecule has 2 rings (SSSR count). The second-order valence-corrected chi connectivity index (χ2v) is 7.22. The van der Waals surface area contributed by atoms with Crippen LogP contribution >= 0.6 is 23.2 Å². The van der Waals surface area contributed by atoms with Gasteiger partial charge in [0.05, 0.1) is 16.1 Å². The zero-order valence-corrected chi connectivity index (χ0v) is 15.5. The topological polar surface area (TPSA) is 66.6 Å². The monoisotopic (exact) mass is 371 g/mol. The number of rotatable bonds is 4. The summed E-state index contributed by atoms with van der Waals surface area (Å²) in [6.45, 7) is 5.66. The molecular weight excluding hydrogens is 349 g/mol. The SMILES string of the molecule is CCCC(C)(N)C(=O)N1CCN(C(=O)c2ccc(Cl)cc2Cl)CC1. The van der Waals surface area contributed by atoms with Crippen molar-refractivity contribution in [2.75, 3.05) is 26.2 Å². The van der Waals surface area contributed by atoms with Crippen LogP contribution in [0.5, 0.6) is 0 Å². The maximum absolute atomic E-state index is 12.6. The van der Waals surface area contributed by atoms with Gasteiger partial charge in [0, 0.05) is 31.2 Å². The van der Waals surface area contributed by atoms with E-state index in [1.165, 1.54) is 0 Å². The van der Waals surface area contributed by atoms with Gasteiger partial charge in [0.2, 0.25) is 5.91 Å². The van der Waals surface area contributed by atoms with Gasteiger partial charge in [-0.15, -0.1) is 0 Å². The lowest BCUT2D eigenvalue weighted by Crippen LogP contribution is -2.58. The summed E-state index contributed by atoms with van der Waals surface area (Å²) in [5.41, 5.74) is 5.70. The van der Waals surface area contributed by atoms with Crippen LogP contribution in [0.15, 0.2) is 18.2 Å². The maximum atomic E-state index is 12.6. The summed E-state index contributed by atoms with van der Waals surface area (Å²) in [6, 6.07) is 4.83. The van der Waals surface area contributed by atoms with E-state index < -0.39 is 5.54 Å². The summed E-state index contributed by atoms with van der Waals surface area (Å²) >= 11 is 12.0. The van der Waals surface area contributed by atoms with E-state index in [1.807, 2.05) is 6.92 Å². The Morgan fingerprint density at radius 3 is 2.29 bits per heavy atom.